The largest absolute Gasteiger partial charge is 0.496 e. The first-order chi connectivity index (χ1) is 10.2. The van der Waals surface area contributed by atoms with Crippen molar-refractivity contribution in [3.05, 3.63) is 46.7 Å². The van der Waals surface area contributed by atoms with Gasteiger partial charge in [0.05, 0.1) is 12.8 Å². The van der Waals surface area contributed by atoms with Gasteiger partial charge < -0.3 is 10.1 Å². The molecule has 0 saturated heterocycles. The molecular formula is C14H14N4O2S. The zero-order chi connectivity index (χ0) is 14.8. The number of hydrogen-bond donors (Lipinski definition) is 1. The summed E-state index contributed by atoms with van der Waals surface area (Å²) in [5, 5.41) is 7.02. The number of amides is 1. The van der Waals surface area contributed by atoms with Crippen LogP contribution in [0.2, 0.25) is 0 Å². The van der Waals surface area contributed by atoms with Gasteiger partial charge in [0.15, 0.2) is 5.69 Å². The molecular weight excluding hydrogens is 288 g/mol. The van der Waals surface area contributed by atoms with Crippen molar-refractivity contribution < 1.29 is 9.53 Å². The standard InChI is InChI=1S/C14H14N4O2S/c1-9-12(18-14(17-9)21-8-16-18)13(19)15-7-10-5-3-4-6-11(10)20-2/h3-6,8H,7H2,1-2H3,(H,15,19). The Bertz CT molecular complexity index is 793. The molecule has 0 aliphatic heterocycles. The van der Waals surface area contributed by atoms with Crippen molar-refractivity contribution in [2.75, 3.05) is 7.11 Å². The van der Waals surface area contributed by atoms with E-state index in [1.165, 1.54) is 11.3 Å². The van der Waals surface area contributed by atoms with E-state index in [2.05, 4.69) is 15.4 Å². The highest BCUT2D eigenvalue weighted by Crippen LogP contribution is 2.18. The van der Waals surface area contributed by atoms with Crippen LogP contribution in [0.5, 0.6) is 5.75 Å². The van der Waals surface area contributed by atoms with E-state index >= 15 is 0 Å². The molecule has 2 heterocycles. The molecule has 0 unspecified atom stereocenters. The van der Waals surface area contributed by atoms with Gasteiger partial charge in [-0.25, -0.2) is 4.98 Å². The van der Waals surface area contributed by atoms with Gasteiger partial charge in [0.25, 0.3) is 5.91 Å². The van der Waals surface area contributed by atoms with E-state index < -0.39 is 0 Å². The molecule has 0 bridgehead atoms. The van der Waals surface area contributed by atoms with Crippen molar-refractivity contribution in [3.63, 3.8) is 0 Å². The van der Waals surface area contributed by atoms with Gasteiger partial charge in [-0.2, -0.15) is 9.61 Å². The van der Waals surface area contributed by atoms with Crippen molar-refractivity contribution >= 4 is 22.2 Å². The monoisotopic (exact) mass is 302 g/mol. The number of nitrogens with one attached hydrogen (secondary N) is 1. The Hall–Kier alpha value is -2.41. The molecule has 3 aromatic rings. The minimum Gasteiger partial charge on any atom is -0.496 e. The predicted octanol–water partition coefficient (Wildman–Crippen LogP) is 2.04. The van der Waals surface area contributed by atoms with Gasteiger partial charge in [-0.1, -0.05) is 29.5 Å². The number of methoxy groups -OCH3 is 1. The lowest BCUT2D eigenvalue weighted by Gasteiger charge is -2.09. The van der Waals surface area contributed by atoms with Crippen LogP contribution < -0.4 is 10.1 Å². The van der Waals surface area contributed by atoms with Crippen LogP contribution in [-0.2, 0) is 6.54 Å². The highest BCUT2D eigenvalue weighted by Gasteiger charge is 2.18. The van der Waals surface area contributed by atoms with Gasteiger partial charge >= 0.3 is 0 Å². The second kappa shape index (κ2) is 5.53. The molecule has 0 saturated carbocycles. The van der Waals surface area contributed by atoms with E-state index in [0.717, 1.165) is 16.3 Å². The Morgan fingerprint density at radius 1 is 1.43 bits per heavy atom. The number of carbonyl (C=O) groups is 1. The molecule has 0 radical (unpaired) electrons. The fourth-order valence-electron chi connectivity index (χ4n) is 2.16. The number of hydrogen-bond acceptors (Lipinski definition) is 5. The molecule has 0 spiro atoms. The first-order valence-corrected chi connectivity index (χ1v) is 7.27. The molecule has 21 heavy (non-hydrogen) atoms. The van der Waals surface area contributed by atoms with Gasteiger partial charge in [-0.05, 0) is 13.0 Å². The normalized spacial score (nSPS) is 10.8. The number of rotatable bonds is 4. The molecule has 7 heteroatoms. The molecule has 2 aromatic heterocycles. The summed E-state index contributed by atoms with van der Waals surface area (Å²) in [6, 6.07) is 7.59. The van der Waals surface area contributed by atoms with Crippen molar-refractivity contribution in [2.45, 2.75) is 13.5 Å². The summed E-state index contributed by atoms with van der Waals surface area (Å²) in [6.07, 6.45) is 0. The molecule has 0 aliphatic rings. The van der Waals surface area contributed by atoms with Crippen LogP contribution >= 0.6 is 11.3 Å². The molecule has 0 aliphatic carbocycles. The third-order valence-corrected chi connectivity index (χ3v) is 3.84. The quantitative estimate of drug-likeness (QED) is 0.801. The average molecular weight is 302 g/mol. The zero-order valence-corrected chi connectivity index (χ0v) is 12.5. The van der Waals surface area contributed by atoms with Crippen LogP contribution in [0.3, 0.4) is 0 Å². The number of carbonyl (C=O) groups excluding carboxylic acids is 1. The molecule has 3 rings (SSSR count). The maximum atomic E-state index is 12.4. The molecule has 0 atom stereocenters. The number of ether oxygens (including phenoxy) is 1. The summed E-state index contributed by atoms with van der Waals surface area (Å²) < 4.78 is 6.84. The third-order valence-electron chi connectivity index (χ3n) is 3.17. The Morgan fingerprint density at radius 3 is 3.05 bits per heavy atom. The molecule has 108 valence electrons. The van der Waals surface area contributed by atoms with Crippen LogP contribution in [-0.4, -0.2) is 27.6 Å². The zero-order valence-electron chi connectivity index (χ0n) is 11.7. The lowest BCUT2D eigenvalue weighted by atomic mass is 10.2. The summed E-state index contributed by atoms with van der Waals surface area (Å²) in [6.45, 7) is 2.19. The molecule has 0 fully saturated rings. The van der Waals surface area contributed by atoms with Gasteiger partial charge in [-0.3, -0.25) is 4.79 Å². The highest BCUT2D eigenvalue weighted by atomic mass is 32.1. The van der Waals surface area contributed by atoms with Gasteiger partial charge in [0.1, 0.15) is 11.3 Å². The predicted molar refractivity (Wildman–Crippen MR) is 79.8 cm³/mol. The number of aromatic nitrogens is 3. The summed E-state index contributed by atoms with van der Waals surface area (Å²) in [4.78, 5) is 17.4. The Balaban J connectivity index is 1.80. The number of imidazole rings is 1. The number of benzene rings is 1. The van der Waals surface area contributed by atoms with Crippen LogP contribution in [0.25, 0.3) is 4.96 Å². The average Bonchev–Trinajstić information content (AvgIpc) is 3.04. The third kappa shape index (κ3) is 2.47. The van der Waals surface area contributed by atoms with E-state index in [4.69, 9.17) is 4.74 Å². The van der Waals surface area contributed by atoms with E-state index in [1.54, 1.807) is 24.1 Å². The van der Waals surface area contributed by atoms with Crippen LogP contribution in [0.1, 0.15) is 21.7 Å². The lowest BCUT2D eigenvalue weighted by Crippen LogP contribution is -2.25. The maximum Gasteiger partial charge on any atom is 0.272 e. The summed E-state index contributed by atoms with van der Waals surface area (Å²) in [7, 11) is 1.61. The van der Waals surface area contributed by atoms with Gasteiger partial charge in [-0.15, -0.1) is 0 Å². The summed E-state index contributed by atoms with van der Waals surface area (Å²) in [5.74, 6) is 0.554. The number of para-hydroxylation sites is 1. The molecule has 1 amide bonds. The second-order valence-electron chi connectivity index (χ2n) is 4.47. The highest BCUT2D eigenvalue weighted by molar-refractivity contribution is 7.14. The summed E-state index contributed by atoms with van der Waals surface area (Å²) >= 11 is 1.40. The summed E-state index contributed by atoms with van der Waals surface area (Å²) in [5.41, 5.74) is 3.73. The van der Waals surface area contributed by atoms with E-state index in [0.29, 0.717) is 17.9 Å². The Labute approximate surface area is 125 Å². The second-order valence-corrected chi connectivity index (χ2v) is 5.29. The fourth-order valence-corrected chi connectivity index (χ4v) is 2.83. The SMILES string of the molecule is COc1ccccc1CNC(=O)c1c(C)nc2scnn12. The van der Waals surface area contributed by atoms with Crippen LogP contribution in [0, 0.1) is 6.92 Å². The Kier molecular flexibility index (Phi) is 3.57. The molecule has 1 aromatic carbocycles. The first kappa shape index (κ1) is 13.6. The van der Waals surface area contributed by atoms with Crippen molar-refractivity contribution in [3.8, 4) is 5.75 Å². The van der Waals surface area contributed by atoms with E-state index in [1.807, 2.05) is 24.3 Å². The van der Waals surface area contributed by atoms with Crippen molar-refractivity contribution in [1.82, 2.24) is 19.9 Å². The van der Waals surface area contributed by atoms with Crippen LogP contribution in [0.4, 0.5) is 0 Å². The number of aryl methyl sites for hydroxylation is 1. The van der Waals surface area contributed by atoms with Crippen LogP contribution in [0.15, 0.2) is 29.8 Å². The minimum atomic E-state index is -0.197. The van der Waals surface area contributed by atoms with Gasteiger partial charge in [0, 0.05) is 12.1 Å². The molecule has 6 nitrogen and oxygen atoms in total. The molecule has 1 N–H and O–H groups in total. The van der Waals surface area contributed by atoms with E-state index in [-0.39, 0.29) is 5.91 Å². The van der Waals surface area contributed by atoms with Crippen molar-refractivity contribution in [2.24, 2.45) is 0 Å². The number of fused-ring (bicyclic) bond motifs is 1. The van der Waals surface area contributed by atoms with Gasteiger partial charge in [0.2, 0.25) is 4.96 Å². The lowest BCUT2D eigenvalue weighted by molar-refractivity contribution is 0.0943. The first-order valence-electron chi connectivity index (χ1n) is 6.39. The maximum absolute atomic E-state index is 12.4. The minimum absolute atomic E-state index is 0.197. The number of nitrogens with zero attached hydrogens (tertiary/aromatic N) is 3. The Morgan fingerprint density at radius 2 is 2.24 bits per heavy atom. The van der Waals surface area contributed by atoms with E-state index in [9.17, 15) is 4.79 Å². The smallest absolute Gasteiger partial charge is 0.272 e. The van der Waals surface area contributed by atoms with Crippen molar-refractivity contribution in [1.29, 1.82) is 0 Å². The topological polar surface area (TPSA) is 68.5 Å². The fraction of sp³-hybridized carbons (Fsp3) is 0.214.